The molecule has 0 aromatic rings. The van der Waals surface area contributed by atoms with Crippen molar-refractivity contribution < 1.29 is 4.79 Å². The number of rotatable bonds is 2. The van der Waals surface area contributed by atoms with E-state index in [1.165, 1.54) is 19.3 Å². The quantitative estimate of drug-likeness (QED) is 0.638. The summed E-state index contributed by atoms with van der Waals surface area (Å²) in [6.45, 7) is 6.17. The van der Waals surface area contributed by atoms with Crippen LogP contribution >= 0.6 is 0 Å². The minimum Gasteiger partial charge on any atom is -0.301 e. The molecule has 0 spiro atoms. The lowest BCUT2D eigenvalue weighted by Gasteiger charge is -2.35. The van der Waals surface area contributed by atoms with Gasteiger partial charge in [0.1, 0.15) is 6.29 Å². The molecular formula is C12H22N2O. The summed E-state index contributed by atoms with van der Waals surface area (Å²) in [7, 11) is 2.24. The maximum Gasteiger partial charge on any atom is 0.139 e. The number of carbonyl (C=O) groups excluding carboxylic acids is 1. The smallest absolute Gasteiger partial charge is 0.139 e. The minimum atomic E-state index is -0.286. The van der Waals surface area contributed by atoms with Crippen molar-refractivity contribution >= 4 is 6.29 Å². The Morgan fingerprint density at radius 3 is 2.53 bits per heavy atom. The van der Waals surface area contributed by atoms with Crippen molar-refractivity contribution in [1.29, 1.82) is 0 Å². The zero-order valence-corrected chi connectivity index (χ0v) is 10.1. The highest BCUT2D eigenvalue weighted by molar-refractivity contribution is 5.62. The zero-order valence-electron chi connectivity index (χ0n) is 10.1. The van der Waals surface area contributed by atoms with Crippen molar-refractivity contribution in [2.45, 2.75) is 50.7 Å². The lowest BCUT2D eigenvalue weighted by molar-refractivity contribution is -0.117. The summed E-state index contributed by atoms with van der Waals surface area (Å²) in [5.74, 6) is 0. The lowest BCUT2D eigenvalue weighted by Crippen LogP contribution is -2.49. The second-order valence-electron chi connectivity index (χ2n) is 5.56. The van der Waals surface area contributed by atoms with Gasteiger partial charge in [-0.2, -0.15) is 0 Å². The van der Waals surface area contributed by atoms with Crippen LogP contribution in [0.15, 0.2) is 0 Å². The van der Waals surface area contributed by atoms with Crippen LogP contribution in [0.1, 0.15) is 33.1 Å². The Balaban J connectivity index is 2.10. The standard InChI is InChI=1S/C12H22N2O/c1-12(2,9-15)14-7-6-10-4-5-11(8-14)13(10)3/h9-11H,4-8H2,1-3H3. The van der Waals surface area contributed by atoms with E-state index < -0.39 is 0 Å². The van der Waals surface area contributed by atoms with Gasteiger partial charge in [-0.15, -0.1) is 0 Å². The van der Waals surface area contributed by atoms with Crippen LogP contribution in [0.2, 0.25) is 0 Å². The SMILES string of the molecule is CN1C2CCC1CN(C(C)(C)C=O)CC2. The molecule has 0 radical (unpaired) electrons. The average Bonchev–Trinajstić information content (AvgIpc) is 2.40. The molecule has 0 amide bonds. The first kappa shape index (κ1) is 11.1. The summed E-state index contributed by atoms with van der Waals surface area (Å²) in [4.78, 5) is 15.9. The van der Waals surface area contributed by atoms with Gasteiger partial charge in [0.15, 0.2) is 0 Å². The van der Waals surface area contributed by atoms with E-state index >= 15 is 0 Å². The maximum atomic E-state index is 11.1. The number of hydrogen-bond donors (Lipinski definition) is 0. The normalized spacial score (nSPS) is 34.1. The number of hydrogen-bond acceptors (Lipinski definition) is 3. The molecular weight excluding hydrogens is 188 g/mol. The summed E-state index contributed by atoms with van der Waals surface area (Å²) in [5.41, 5.74) is -0.286. The van der Waals surface area contributed by atoms with Gasteiger partial charge in [-0.25, -0.2) is 0 Å². The molecule has 2 aliphatic heterocycles. The first-order chi connectivity index (χ1) is 7.04. The number of carbonyl (C=O) groups is 1. The second-order valence-corrected chi connectivity index (χ2v) is 5.56. The van der Waals surface area contributed by atoms with Crippen molar-refractivity contribution in [2.24, 2.45) is 0 Å². The van der Waals surface area contributed by atoms with Crippen LogP contribution in [-0.2, 0) is 4.79 Å². The van der Waals surface area contributed by atoms with E-state index in [2.05, 4.69) is 16.8 Å². The molecule has 15 heavy (non-hydrogen) atoms. The van der Waals surface area contributed by atoms with E-state index in [4.69, 9.17) is 0 Å². The van der Waals surface area contributed by atoms with Gasteiger partial charge in [-0.1, -0.05) is 0 Å². The second kappa shape index (κ2) is 3.87. The summed E-state index contributed by atoms with van der Waals surface area (Å²) < 4.78 is 0. The molecule has 2 fully saturated rings. The molecule has 2 aliphatic rings. The van der Waals surface area contributed by atoms with Crippen molar-refractivity contribution in [2.75, 3.05) is 20.1 Å². The van der Waals surface area contributed by atoms with E-state index in [-0.39, 0.29) is 5.54 Å². The predicted octanol–water partition coefficient (Wildman–Crippen LogP) is 1.13. The van der Waals surface area contributed by atoms with Crippen LogP contribution < -0.4 is 0 Å². The Labute approximate surface area is 92.4 Å². The fourth-order valence-electron chi connectivity index (χ4n) is 2.91. The Bertz CT molecular complexity index is 252. The summed E-state index contributed by atoms with van der Waals surface area (Å²) in [6.07, 6.45) is 4.94. The molecule has 0 saturated carbocycles. The third-order valence-electron chi connectivity index (χ3n) is 4.25. The van der Waals surface area contributed by atoms with Crippen LogP contribution in [0.5, 0.6) is 0 Å². The van der Waals surface area contributed by atoms with Crippen LogP contribution in [0.4, 0.5) is 0 Å². The molecule has 2 bridgehead atoms. The molecule has 0 N–H and O–H groups in total. The fraction of sp³-hybridized carbons (Fsp3) is 0.917. The Morgan fingerprint density at radius 2 is 1.87 bits per heavy atom. The molecule has 2 unspecified atom stereocenters. The van der Waals surface area contributed by atoms with Gasteiger partial charge in [-0.05, 0) is 40.2 Å². The number of likely N-dealkylation sites (N-methyl/N-ethyl adjacent to an activating group) is 1. The van der Waals surface area contributed by atoms with Crippen molar-refractivity contribution in [3.63, 3.8) is 0 Å². The molecule has 0 aromatic heterocycles. The predicted molar refractivity (Wildman–Crippen MR) is 60.9 cm³/mol. The van der Waals surface area contributed by atoms with E-state index in [0.717, 1.165) is 25.4 Å². The van der Waals surface area contributed by atoms with Crippen molar-refractivity contribution in [3.05, 3.63) is 0 Å². The largest absolute Gasteiger partial charge is 0.301 e. The minimum absolute atomic E-state index is 0.286. The van der Waals surface area contributed by atoms with E-state index in [9.17, 15) is 4.79 Å². The summed E-state index contributed by atoms with van der Waals surface area (Å²) >= 11 is 0. The van der Waals surface area contributed by atoms with Crippen LogP contribution in [0, 0.1) is 0 Å². The van der Waals surface area contributed by atoms with Crippen LogP contribution in [-0.4, -0.2) is 53.8 Å². The Morgan fingerprint density at radius 1 is 1.20 bits per heavy atom. The molecule has 2 rings (SSSR count). The summed E-state index contributed by atoms with van der Waals surface area (Å²) in [5, 5.41) is 0. The molecule has 2 heterocycles. The first-order valence-corrected chi connectivity index (χ1v) is 5.98. The zero-order chi connectivity index (χ0) is 11.1. The topological polar surface area (TPSA) is 23.6 Å². The lowest BCUT2D eigenvalue weighted by atomic mass is 10.0. The summed E-state index contributed by atoms with van der Waals surface area (Å²) in [6, 6.07) is 1.42. The molecule has 0 aliphatic carbocycles. The average molecular weight is 210 g/mol. The molecule has 86 valence electrons. The van der Waals surface area contributed by atoms with E-state index in [0.29, 0.717) is 6.04 Å². The van der Waals surface area contributed by atoms with Crippen LogP contribution in [0.25, 0.3) is 0 Å². The van der Waals surface area contributed by atoms with E-state index in [1.54, 1.807) is 0 Å². The molecule has 3 nitrogen and oxygen atoms in total. The highest BCUT2D eigenvalue weighted by atomic mass is 16.1. The van der Waals surface area contributed by atoms with E-state index in [1.807, 2.05) is 13.8 Å². The fourth-order valence-corrected chi connectivity index (χ4v) is 2.91. The maximum absolute atomic E-state index is 11.1. The van der Waals surface area contributed by atoms with Gasteiger partial charge in [0.05, 0.1) is 5.54 Å². The molecule has 2 atom stereocenters. The number of fused-ring (bicyclic) bond motifs is 2. The van der Waals surface area contributed by atoms with Crippen LogP contribution in [0.3, 0.4) is 0 Å². The highest BCUT2D eigenvalue weighted by Crippen LogP contribution is 2.30. The van der Waals surface area contributed by atoms with Gasteiger partial charge < -0.3 is 4.79 Å². The number of nitrogens with zero attached hydrogens (tertiary/aromatic N) is 2. The van der Waals surface area contributed by atoms with Gasteiger partial charge in [0.2, 0.25) is 0 Å². The van der Waals surface area contributed by atoms with Gasteiger partial charge in [-0.3, -0.25) is 9.80 Å². The Hall–Kier alpha value is -0.410. The first-order valence-electron chi connectivity index (χ1n) is 5.98. The van der Waals surface area contributed by atoms with Gasteiger partial charge in [0.25, 0.3) is 0 Å². The third-order valence-corrected chi connectivity index (χ3v) is 4.25. The number of aldehydes is 1. The van der Waals surface area contributed by atoms with Crippen molar-refractivity contribution in [3.8, 4) is 0 Å². The van der Waals surface area contributed by atoms with Gasteiger partial charge >= 0.3 is 0 Å². The Kier molecular flexibility index (Phi) is 2.86. The number of likely N-dealkylation sites (tertiary alicyclic amines) is 1. The highest BCUT2D eigenvalue weighted by Gasteiger charge is 2.38. The monoisotopic (exact) mass is 210 g/mol. The molecule has 3 heteroatoms. The van der Waals surface area contributed by atoms with Crippen molar-refractivity contribution in [1.82, 2.24) is 9.80 Å². The molecule has 0 aromatic carbocycles. The third kappa shape index (κ3) is 1.95. The molecule has 2 saturated heterocycles. The van der Waals surface area contributed by atoms with Gasteiger partial charge in [0, 0.05) is 25.2 Å².